The van der Waals surface area contributed by atoms with Crippen molar-refractivity contribution in [2.24, 2.45) is 5.92 Å². The van der Waals surface area contributed by atoms with E-state index in [1.54, 1.807) is 7.11 Å². The summed E-state index contributed by atoms with van der Waals surface area (Å²) in [5.41, 5.74) is 0. The molecule has 0 rings (SSSR count). The molecule has 0 saturated heterocycles. The Labute approximate surface area is 99.3 Å². The molecule has 2 N–H and O–H groups in total. The van der Waals surface area contributed by atoms with Gasteiger partial charge in [0.15, 0.2) is 0 Å². The van der Waals surface area contributed by atoms with Crippen LogP contribution < -0.4 is 5.32 Å². The van der Waals surface area contributed by atoms with Crippen molar-refractivity contribution in [2.75, 3.05) is 40.0 Å². The van der Waals surface area contributed by atoms with E-state index in [4.69, 9.17) is 9.47 Å². The Morgan fingerprint density at radius 1 is 1.12 bits per heavy atom. The van der Waals surface area contributed by atoms with Crippen LogP contribution in [0.5, 0.6) is 0 Å². The Morgan fingerprint density at radius 2 is 1.81 bits per heavy atom. The topological polar surface area (TPSA) is 50.7 Å². The molecular formula is C12H27NO3. The molecule has 0 aliphatic heterocycles. The van der Waals surface area contributed by atoms with Gasteiger partial charge in [0.1, 0.15) is 0 Å². The van der Waals surface area contributed by atoms with Crippen molar-refractivity contribution >= 4 is 0 Å². The van der Waals surface area contributed by atoms with E-state index in [1.807, 2.05) is 0 Å². The zero-order valence-corrected chi connectivity index (χ0v) is 10.9. The largest absolute Gasteiger partial charge is 0.389 e. The minimum absolute atomic E-state index is 0.374. The van der Waals surface area contributed by atoms with Crippen LogP contribution in [0.15, 0.2) is 0 Å². The van der Waals surface area contributed by atoms with E-state index in [-0.39, 0.29) is 0 Å². The monoisotopic (exact) mass is 233 g/mol. The molecule has 0 spiro atoms. The summed E-state index contributed by atoms with van der Waals surface area (Å²) in [7, 11) is 1.64. The fraction of sp³-hybridized carbons (Fsp3) is 1.00. The Kier molecular flexibility index (Phi) is 11.2. The lowest BCUT2D eigenvalue weighted by molar-refractivity contribution is 0.0135. The zero-order valence-electron chi connectivity index (χ0n) is 10.9. The molecule has 16 heavy (non-hydrogen) atoms. The molecule has 0 aliphatic carbocycles. The van der Waals surface area contributed by atoms with Gasteiger partial charge in [-0.15, -0.1) is 0 Å². The van der Waals surface area contributed by atoms with E-state index in [2.05, 4.69) is 19.2 Å². The van der Waals surface area contributed by atoms with E-state index >= 15 is 0 Å². The smallest absolute Gasteiger partial charge is 0.0897 e. The number of rotatable bonds is 11. The van der Waals surface area contributed by atoms with Crippen LogP contribution in [0.2, 0.25) is 0 Å². The summed E-state index contributed by atoms with van der Waals surface area (Å²) in [4.78, 5) is 0. The first kappa shape index (κ1) is 15.8. The van der Waals surface area contributed by atoms with Crippen molar-refractivity contribution in [1.82, 2.24) is 5.32 Å². The number of aliphatic hydroxyl groups is 1. The number of ether oxygens (including phenoxy) is 2. The van der Waals surface area contributed by atoms with Crippen LogP contribution in [0.1, 0.15) is 26.7 Å². The van der Waals surface area contributed by atoms with Crippen LogP contribution in [0.4, 0.5) is 0 Å². The van der Waals surface area contributed by atoms with Gasteiger partial charge in [0, 0.05) is 13.7 Å². The predicted octanol–water partition coefficient (Wildman–Crippen LogP) is 1.04. The Balaban J connectivity index is 3.32. The average Bonchev–Trinajstić information content (AvgIpc) is 2.30. The number of hydrogen-bond donors (Lipinski definition) is 2. The van der Waals surface area contributed by atoms with Gasteiger partial charge in [-0.2, -0.15) is 0 Å². The Hall–Kier alpha value is -0.160. The normalized spacial score (nSPS) is 13.3. The molecule has 0 aliphatic rings. The average molecular weight is 233 g/mol. The first-order valence-electron chi connectivity index (χ1n) is 6.20. The van der Waals surface area contributed by atoms with Crippen LogP contribution in [-0.4, -0.2) is 51.2 Å². The predicted molar refractivity (Wildman–Crippen MR) is 65.6 cm³/mol. The summed E-state index contributed by atoms with van der Waals surface area (Å²) in [6.07, 6.45) is 1.94. The molecule has 0 saturated carbocycles. The summed E-state index contributed by atoms with van der Waals surface area (Å²) >= 11 is 0. The van der Waals surface area contributed by atoms with Gasteiger partial charge in [0.05, 0.1) is 25.9 Å². The molecule has 98 valence electrons. The standard InChI is InChI=1S/C12H27NO3/c1-4-11(5-2)8-13-9-12(14)10-16-7-6-15-3/h11-14H,4-10H2,1-3H3. The summed E-state index contributed by atoms with van der Waals surface area (Å²) in [5, 5.41) is 12.8. The second-order valence-corrected chi connectivity index (χ2v) is 4.06. The van der Waals surface area contributed by atoms with Crippen LogP contribution in [0.25, 0.3) is 0 Å². The Morgan fingerprint density at radius 3 is 2.38 bits per heavy atom. The minimum atomic E-state index is -0.425. The third-order valence-corrected chi connectivity index (χ3v) is 2.71. The van der Waals surface area contributed by atoms with Crippen LogP contribution in [0.3, 0.4) is 0 Å². The van der Waals surface area contributed by atoms with Crippen molar-refractivity contribution in [3.8, 4) is 0 Å². The lowest BCUT2D eigenvalue weighted by Crippen LogP contribution is -2.33. The quantitative estimate of drug-likeness (QED) is 0.524. The van der Waals surface area contributed by atoms with Crippen molar-refractivity contribution in [3.63, 3.8) is 0 Å². The maximum Gasteiger partial charge on any atom is 0.0897 e. The molecule has 0 aromatic carbocycles. The summed E-state index contributed by atoms with van der Waals surface area (Å²) in [5.74, 6) is 0.710. The summed E-state index contributed by atoms with van der Waals surface area (Å²) < 4.78 is 10.1. The van der Waals surface area contributed by atoms with E-state index in [9.17, 15) is 5.11 Å². The van der Waals surface area contributed by atoms with Crippen molar-refractivity contribution in [3.05, 3.63) is 0 Å². The first-order valence-corrected chi connectivity index (χ1v) is 6.20. The van der Waals surface area contributed by atoms with Gasteiger partial charge in [0.25, 0.3) is 0 Å². The highest BCUT2D eigenvalue weighted by Gasteiger charge is 2.06. The summed E-state index contributed by atoms with van der Waals surface area (Å²) in [6, 6.07) is 0. The highest BCUT2D eigenvalue weighted by Crippen LogP contribution is 2.04. The molecular weight excluding hydrogens is 206 g/mol. The molecule has 0 radical (unpaired) electrons. The first-order chi connectivity index (χ1) is 7.74. The molecule has 0 aromatic rings. The third kappa shape index (κ3) is 9.09. The van der Waals surface area contributed by atoms with Gasteiger partial charge in [-0.1, -0.05) is 26.7 Å². The molecule has 1 unspecified atom stereocenters. The van der Waals surface area contributed by atoms with E-state index in [0.29, 0.717) is 32.3 Å². The van der Waals surface area contributed by atoms with Gasteiger partial charge >= 0.3 is 0 Å². The fourth-order valence-electron chi connectivity index (χ4n) is 1.45. The second-order valence-electron chi connectivity index (χ2n) is 4.06. The molecule has 0 aromatic heterocycles. The van der Waals surface area contributed by atoms with Crippen LogP contribution in [0, 0.1) is 5.92 Å². The fourth-order valence-corrected chi connectivity index (χ4v) is 1.45. The zero-order chi connectivity index (χ0) is 12.2. The minimum Gasteiger partial charge on any atom is -0.389 e. The second kappa shape index (κ2) is 11.3. The molecule has 4 heteroatoms. The molecule has 0 amide bonds. The van der Waals surface area contributed by atoms with Crippen LogP contribution >= 0.6 is 0 Å². The van der Waals surface area contributed by atoms with Gasteiger partial charge in [0.2, 0.25) is 0 Å². The van der Waals surface area contributed by atoms with Gasteiger partial charge in [-0.25, -0.2) is 0 Å². The lowest BCUT2D eigenvalue weighted by Gasteiger charge is -2.16. The molecule has 0 fully saturated rings. The number of methoxy groups -OCH3 is 1. The number of hydrogen-bond acceptors (Lipinski definition) is 4. The van der Waals surface area contributed by atoms with E-state index < -0.39 is 6.10 Å². The Bertz CT molecular complexity index is 140. The highest BCUT2D eigenvalue weighted by atomic mass is 16.5. The molecule has 4 nitrogen and oxygen atoms in total. The third-order valence-electron chi connectivity index (χ3n) is 2.71. The van der Waals surface area contributed by atoms with Gasteiger partial charge in [-0.05, 0) is 12.5 Å². The van der Waals surface area contributed by atoms with Crippen LogP contribution in [-0.2, 0) is 9.47 Å². The molecule has 0 bridgehead atoms. The SMILES string of the molecule is CCC(CC)CNCC(O)COCCOC. The number of nitrogens with one attached hydrogen (secondary N) is 1. The summed E-state index contributed by atoms with van der Waals surface area (Å²) in [6.45, 7) is 7.46. The van der Waals surface area contributed by atoms with Crippen molar-refractivity contribution in [2.45, 2.75) is 32.8 Å². The maximum absolute atomic E-state index is 9.58. The van der Waals surface area contributed by atoms with E-state index in [0.717, 1.165) is 6.54 Å². The van der Waals surface area contributed by atoms with E-state index in [1.165, 1.54) is 12.8 Å². The number of aliphatic hydroxyl groups excluding tert-OH is 1. The van der Waals surface area contributed by atoms with Crippen molar-refractivity contribution in [1.29, 1.82) is 0 Å². The molecule has 1 atom stereocenters. The highest BCUT2D eigenvalue weighted by molar-refractivity contribution is 4.62. The van der Waals surface area contributed by atoms with Gasteiger partial charge in [-0.3, -0.25) is 0 Å². The maximum atomic E-state index is 9.58. The molecule has 0 heterocycles. The van der Waals surface area contributed by atoms with Crippen molar-refractivity contribution < 1.29 is 14.6 Å². The van der Waals surface area contributed by atoms with Gasteiger partial charge < -0.3 is 19.9 Å². The lowest BCUT2D eigenvalue weighted by atomic mass is 10.0.